The number of carbonyl (C=O) groups is 5. The van der Waals surface area contributed by atoms with Crippen molar-refractivity contribution in [2.45, 2.75) is 19.4 Å². The summed E-state index contributed by atoms with van der Waals surface area (Å²) in [5, 5.41) is 55.9. The van der Waals surface area contributed by atoms with Gasteiger partial charge in [-0.2, -0.15) is 0 Å². The van der Waals surface area contributed by atoms with Crippen LogP contribution in [0.2, 0.25) is 0 Å². The Bertz CT molecular complexity index is 909. The van der Waals surface area contributed by atoms with E-state index in [0.29, 0.717) is 17.9 Å². The summed E-state index contributed by atoms with van der Waals surface area (Å²) in [6.07, 6.45) is 0.0817. The summed E-state index contributed by atoms with van der Waals surface area (Å²) >= 11 is 0. The molecule has 0 amide bonds. The number of nitrogens with zero attached hydrogens (tertiary/aromatic N) is 3. The van der Waals surface area contributed by atoms with Crippen molar-refractivity contribution in [3.8, 4) is 5.75 Å². The molecule has 0 N–H and O–H groups in total. The van der Waals surface area contributed by atoms with Crippen LogP contribution >= 0.6 is 0 Å². The first kappa shape index (κ1) is 44.0. The first-order valence-corrected chi connectivity index (χ1v) is 11.3. The summed E-state index contributed by atoms with van der Waals surface area (Å²) in [6.45, 7) is -2.18. The third-order valence-corrected chi connectivity index (χ3v) is 5.15. The van der Waals surface area contributed by atoms with Crippen LogP contribution in [-0.4, -0.2) is 110 Å². The maximum absolute atomic E-state index is 11.4. The van der Waals surface area contributed by atoms with Gasteiger partial charge in [-0.15, -0.1) is 0 Å². The summed E-state index contributed by atoms with van der Waals surface area (Å²) in [7, 11) is 0. The molecule has 0 aliphatic carbocycles. The molecule has 0 saturated heterocycles. The predicted molar refractivity (Wildman–Crippen MR) is 115 cm³/mol. The van der Waals surface area contributed by atoms with Gasteiger partial charge in [-0.25, -0.2) is 0 Å². The molecular formula is C23H28GdN3Na2O11. The molecule has 211 valence electrons. The molecule has 40 heavy (non-hydrogen) atoms. The molecule has 0 saturated carbocycles. The second kappa shape index (κ2) is 24.1. The van der Waals surface area contributed by atoms with E-state index >= 15 is 0 Å². The number of carboxylic acid groups (broad SMARTS) is 5. The maximum atomic E-state index is 11.4. The van der Waals surface area contributed by atoms with Crippen LogP contribution in [0.1, 0.15) is 12.5 Å². The van der Waals surface area contributed by atoms with E-state index < -0.39 is 68.6 Å². The zero-order valence-electron chi connectivity index (χ0n) is 22.6. The normalized spacial score (nSPS) is 11.1. The van der Waals surface area contributed by atoms with E-state index in [1.54, 1.807) is 31.2 Å². The van der Waals surface area contributed by atoms with Gasteiger partial charge in [0, 0.05) is 58.4 Å². The number of carboxylic acids is 5. The fraction of sp³-hybridized carbons (Fsp3) is 0.522. The Morgan fingerprint density at radius 1 is 0.700 bits per heavy atom. The van der Waals surface area contributed by atoms with E-state index in [0.717, 1.165) is 9.80 Å². The van der Waals surface area contributed by atoms with E-state index in [9.17, 15) is 49.5 Å². The zero-order valence-corrected chi connectivity index (χ0v) is 28.9. The molecule has 0 spiro atoms. The Hall–Kier alpha value is -0.425. The minimum atomic E-state index is -1.57. The summed E-state index contributed by atoms with van der Waals surface area (Å²) in [5.41, 5.74) is 0.652. The molecule has 0 bridgehead atoms. The first-order chi connectivity index (χ1) is 17.4. The number of hydrogen-bond donors (Lipinski definition) is 0. The van der Waals surface area contributed by atoms with Crippen molar-refractivity contribution in [2.75, 3.05) is 59.0 Å². The molecule has 1 atom stereocenters. The zero-order chi connectivity index (χ0) is 28.0. The molecule has 1 radical (unpaired) electrons. The summed E-state index contributed by atoms with van der Waals surface area (Å²) in [5.74, 6) is -7.21. The summed E-state index contributed by atoms with van der Waals surface area (Å²) in [6, 6.07) is 5.80. The fourth-order valence-electron chi connectivity index (χ4n) is 3.69. The molecule has 0 fully saturated rings. The van der Waals surface area contributed by atoms with Crippen molar-refractivity contribution < 1.29 is 153 Å². The number of aliphatic carboxylic acids is 5. The van der Waals surface area contributed by atoms with Crippen molar-refractivity contribution in [3.63, 3.8) is 0 Å². The van der Waals surface area contributed by atoms with Gasteiger partial charge in [0.15, 0.2) is 0 Å². The molecule has 14 nitrogen and oxygen atoms in total. The van der Waals surface area contributed by atoms with Gasteiger partial charge >= 0.3 is 99.1 Å². The molecule has 0 aliphatic rings. The van der Waals surface area contributed by atoms with Crippen molar-refractivity contribution >= 4 is 29.8 Å². The number of carbonyl (C=O) groups excluding carboxylic acids is 5. The van der Waals surface area contributed by atoms with Crippen LogP contribution in [0.5, 0.6) is 5.75 Å². The molecular weight excluding hydrogens is 697 g/mol. The van der Waals surface area contributed by atoms with E-state index in [1.165, 1.54) is 4.90 Å². The third-order valence-electron chi connectivity index (χ3n) is 5.15. The monoisotopic (exact) mass is 726 g/mol. The maximum Gasteiger partial charge on any atom is 3.00 e. The van der Waals surface area contributed by atoms with Gasteiger partial charge < -0.3 is 54.2 Å². The van der Waals surface area contributed by atoms with Gasteiger partial charge in [-0.05, 0) is 31.0 Å². The SMILES string of the molecule is CCOc1ccc(C[C@H](CN(CCN(CC(=O)[O-])CC(=O)[O-])CC(=O)[O-])N(CC(=O)[O-])CC(=O)[O-])cc1.[Gd+3].[Na+].[Na+]. The van der Waals surface area contributed by atoms with Gasteiger partial charge in [0.05, 0.1) is 36.5 Å². The Morgan fingerprint density at radius 3 is 1.50 bits per heavy atom. The van der Waals surface area contributed by atoms with Crippen LogP contribution in [0.3, 0.4) is 0 Å². The third kappa shape index (κ3) is 20.5. The minimum Gasteiger partial charge on any atom is -0.549 e. The Labute approximate surface area is 308 Å². The number of rotatable bonds is 20. The van der Waals surface area contributed by atoms with E-state index in [1.807, 2.05) is 0 Å². The minimum absolute atomic E-state index is 0. The van der Waals surface area contributed by atoms with Gasteiger partial charge in [-0.1, -0.05) is 12.1 Å². The average Bonchev–Trinajstić information content (AvgIpc) is 2.76. The Kier molecular flexibility index (Phi) is 26.5. The van der Waals surface area contributed by atoms with Gasteiger partial charge in [0.2, 0.25) is 0 Å². The first-order valence-electron chi connectivity index (χ1n) is 11.3. The topological polar surface area (TPSA) is 220 Å². The molecule has 0 heterocycles. The van der Waals surface area contributed by atoms with Crippen LogP contribution in [0.4, 0.5) is 0 Å². The molecule has 0 aromatic heterocycles. The molecule has 1 aromatic rings. The Morgan fingerprint density at radius 2 is 1.10 bits per heavy atom. The van der Waals surface area contributed by atoms with Gasteiger partial charge in [0.1, 0.15) is 5.75 Å². The fourth-order valence-corrected chi connectivity index (χ4v) is 3.69. The van der Waals surface area contributed by atoms with E-state index in [2.05, 4.69) is 0 Å². The largest absolute Gasteiger partial charge is 3.00 e. The Balaban J connectivity index is -0.00000456. The van der Waals surface area contributed by atoms with Crippen molar-refractivity contribution in [1.82, 2.24) is 14.7 Å². The van der Waals surface area contributed by atoms with Crippen LogP contribution in [0.15, 0.2) is 24.3 Å². The van der Waals surface area contributed by atoms with Crippen LogP contribution in [-0.2, 0) is 30.4 Å². The van der Waals surface area contributed by atoms with E-state index in [-0.39, 0.29) is 125 Å². The molecule has 17 heteroatoms. The summed E-state index contributed by atoms with van der Waals surface area (Å²) in [4.78, 5) is 59.1. The molecule has 1 aromatic carbocycles. The smallest absolute Gasteiger partial charge is 0.549 e. The molecule has 0 aliphatic heterocycles. The quantitative estimate of drug-likeness (QED) is 0.114. The van der Waals surface area contributed by atoms with Gasteiger partial charge in [-0.3, -0.25) is 14.7 Å². The number of ether oxygens (including phenoxy) is 1. The van der Waals surface area contributed by atoms with Crippen LogP contribution in [0, 0.1) is 39.9 Å². The standard InChI is InChI=1S/C23H33N3O11.Gd.2Na/c1-2-37-18-5-3-16(4-6-18)9-17(26(14-22(33)34)15-23(35)36)10-24(11-19(27)28)7-8-25(12-20(29)30)13-21(31)32;;;/h3-6,17H,2,7-15H2,1H3,(H,27,28)(H,29,30)(H,31,32)(H,33,34)(H,35,36);;;/q;+3;2*+1/p-5/t17-;;;/m1.../s1. The molecule has 1 rings (SSSR count). The predicted octanol–water partition coefficient (Wildman–Crippen LogP) is -13.3. The number of benzene rings is 1. The average molecular weight is 726 g/mol. The van der Waals surface area contributed by atoms with Crippen molar-refractivity contribution in [1.29, 1.82) is 0 Å². The van der Waals surface area contributed by atoms with Crippen LogP contribution < -0.4 is 89.4 Å². The number of hydrogen-bond acceptors (Lipinski definition) is 14. The van der Waals surface area contributed by atoms with E-state index in [4.69, 9.17) is 4.74 Å². The van der Waals surface area contributed by atoms with Crippen LogP contribution in [0.25, 0.3) is 0 Å². The van der Waals surface area contributed by atoms with Crippen molar-refractivity contribution in [3.05, 3.63) is 29.8 Å². The van der Waals surface area contributed by atoms with Gasteiger partial charge in [0.25, 0.3) is 0 Å². The summed E-state index contributed by atoms with van der Waals surface area (Å²) < 4.78 is 5.38. The molecule has 0 unspecified atom stereocenters. The second-order valence-corrected chi connectivity index (χ2v) is 8.15. The second-order valence-electron chi connectivity index (χ2n) is 8.15. The van der Waals surface area contributed by atoms with Crippen molar-refractivity contribution in [2.24, 2.45) is 0 Å².